The number of anilines is 1. The summed E-state index contributed by atoms with van der Waals surface area (Å²) >= 11 is 8.95. The lowest BCUT2D eigenvalue weighted by Crippen LogP contribution is -2.20. The van der Waals surface area contributed by atoms with Crippen LogP contribution in [0.2, 0.25) is 5.02 Å². The number of amides is 1. The molecule has 2 aromatic rings. The monoisotopic (exact) mass is 357 g/mol. The first-order chi connectivity index (χ1) is 9.56. The zero-order valence-electron chi connectivity index (χ0n) is 10.2. The standard InChI is InChI=1S/C14H10BrClFNO2/c15-10-6-5-9(7-12(10)17)20-8-14(19)18-13-4-2-1-3-11(13)16/h1-7H,8H2,(H,18,19). The van der Waals surface area contributed by atoms with Crippen molar-refractivity contribution in [3.8, 4) is 5.75 Å². The number of nitrogens with one attached hydrogen (secondary N) is 1. The number of rotatable bonds is 4. The van der Waals surface area contributed by atoms with E-state index in [4.69, 9.17) is 16.3 Å². The summed E-state index contributed by atoms with van der Waals surface area (Å²) in [6.45, 7) is -0.230. The molecule has 104 valence electrons. The van der Waals surface area contributed by atoms with Gasteiger partial charge < -0.3 is 10.1 Å². The highest BCUT2D eigenvalue weighted by Gasteiger charge is 2.07. The van der Waals surface area contributed by atoms with Crippen LogP contribution >= 0.6 is 27.5 Å². The molecule has 0 unspecified atom stereocenters. The number of benzene rings is 2. The van der Waals surface area contributed by atoms with Crippen LogP contribution in [0.15, 0.2) is 46.9 Å². The normalized spacial score (nSPS) is 10.2. The fourth-order valence-corrected chi connectivity index (χ4v) is 1.89. The summed E-state index contributed by atoms with van der Waals surface area (Å²) in [7, 11) is 0. The molecule has 1 N–H and O–H groups in total. The van der Waals surface area contributed by atoms with Gasteiger partial charge in [-0.05, 0) is 40.2 Å². The lowest BCUT2D eigenvalue weighted by molar-refractivity contribution is -0.118. The second-order valence-corrected chi connectivity index (χ2v) is 5.15. The molecular formula is C14H10BrClFNO2. The summed E-state index contributed by atoms with van der Waals surface area (Å²) in [5, 5.41) is 3.05. The minimum Gasteiger partial charge on any atom is -0.484 e. The van der Waals surface area contributed by atoms with Gasteiger partial charge in [-0.3, -0.25) is 4.79 Å². The Balaban J connectivity index is 1.92. The molecule has 0 saturated carbocycles. The molecule has 2 rings (SSSR count). The number of hydrogen-bond acceptors (Lipinski definition) is 2. The summed E-state index contributed by atoms with van der Waals surface area (Å²) in [6, 6.07) is 11.1. The van der Waals surface area contributed by atoms with Crippen molar-refractivity contribution in [2.45, 2.75) is 0 Å². The van der Waals surface area contributed by atoms with Gasteiger partial charge in [0.1, 0.15) is 11.6 Å². The molecule has 0 radical (unpaired) electrons. The number of para-hydroxylation sites is 1. The maximum absolute atomic E-state index is 13.3. The van der Waals surface area contributed by atoms with Crippen LogP contribution in [0.4, 0.5) is 10.1 Å². The van der Waals surface area contributed by atoms with E-state index in [2.05, 4.69) is 21.2 Å². The maximum Gasteiger partial charge on any atom is 0.262 e. The first-order valence-electron chi connectivity index (χ1n) is 5.68. The van der Waals surface area contributed by atoms with Gasteiger partial charge in [-0.2, -0.15) is 0 Å². The molecule has 3 nitrogen and oxygen atoms in total. The van der Waals surface area contributed by atoms with Gasteiger partial charge in [0, 0.05) is 6.07 Å². The van der Waals surface area contributed by atoms with Crippen molar-refractivity contribution in [1.29, 1.82) is 0 Å². The number of hydrogen-bond donors (Lipinski definition) is 1. The Hall–Kier alpha value is -1.59. The van der Waals surface area contributed by atoms with Crippen LogP contribution in [0.25, 0.3) is 0 Å². The second-order valence-electron chi connectivity index (χ2n) is 3.89. The summed E-state index contributed by atoms with van der Waals surface area (Å²) < 4.78 is 18.8. The van der Waals surface area contributed by atoms with E-state index in [1.807, 2.05) is 0 Å². The summed E-state index contributed by atoms with van der Waals surface area (Å²) in [4.78, 5) is 11.7. The maximum atomic E-state index is 13.3. The molecule has 0 spiro atoms. The predicted octanol–water partition coefficient (Wildman–Crippen LogP) is 4.26. The lowest BCUT2D eigenvalue weighted by atomic mass is 10.3. The van der Waals surface area contributed by atoms with Crippen molar-refractivity contribution in [2.24, 2.45) is 0 Å². The first kappa shape index (κ1) is 14.8. The van der Waals surface area contributed by atoms with E-state index in [-0.39, 0.29) is 18.3 Å². The summed E-state index contributed by atoms with van der Waals surface area (Å²) in [5.41, 5.74) is 0.504. The first-order valence-corrected chi connectivity index (χ1v) is 6.85. The van der Waals surface area contributed by atoms with Crippen LogP contribution < -0.4 is 10.1 Å². The highest BCUT2D eigenvalue weighted by molar-refractivity contribution is 9.10. The fraction of sp³-hybridized carbons (Fsp3) is 0.0714. The average Bonchev–Trinajstić information content (AvgIpc) is 2.43. The quantitative estimate of drug-likeness (QED) is 0.887. The van der Waals surface area contributed by atoms with E-state index < -0.39 is 5.82 Å². The number of carbonyl (C=O) groups is 1. The number of carbonyl (C=O) groups excluding carboxylic acids is 1. The molecule has 0 bridgehead atoms. The third-order valence-corrected chi connectivity index (χ3v) is 3.38. The Morgan fingerprint density at radius 2 is 2.05 bits per heavy atom. The van der Waals surface area contributed by atoms with E-state index in [9.17, 15) is 9.18 Å². The largest absolute Gasteiger partial charge is 0.484 e. The van der Waals surface area contributed by atoms with Crippen molar-refractivity contribution in [3.63, 3.8) is 0 Å². The van der Waals surface area contributed by atoms with Crippen LogP contribution in [0, 0.1) is 5.82 Å². The highest BCUT2D eigenvalue weighted by Crippen LogP contribution is 2.22. The van der Waals surface area contributed by atoms with E-state index in [0.717, 1.165) is 0 Å². The molecule has 0 aromatic heterocycles. The molecular weight excluding hydrogens is 349 g/mol. The van der Waals surface area contributed by atoms with Gasteiger partial charge in [-0.15, -0.1) is 0 Å². The van der Waals surface area contributed by atoms with Crippen molar-refractivity contribution in [3.05, 3.63) is 57.8 Å². The van der Waals surface area contributed by atoms with Gasteiger partial charge in [-0.25, -0.2) is 4.39 Å². The molecule has 0 aliphatic carbocycles. The van der Waals surface area contributed by atoms with Crippen LogP contribution in [0.5, 0.6) is 5.75 Å². The third-order valence-electron chi connectivity index (χ3n) is 2.41. The number of ether oxygens (including phenoxy) is 1. The van der Waals surface area contributed by atoms with Crippen LogP contribution in [-0.2, 0) is 4.79 Å². The molecule has 0 atom stereocenters. The van der Waals surface area contributed by atoms with Gasteiger partial charge in [0.25, 0.3) is 5.91 Å². The van der Waals surface area contributed by atoms with Gasteiger partial charge in [0.2, 0.25) is 0 Å². The zero-order chi connectivity index (χ0) is 14.5. The van der Waals surface area contributed by atoms with Crippen LogP contribution in [-0.4, -0.2) is 12.5 Å². The smallest absolute Gasteiger partial charge is 0.262 e. The van der Waals surface area contributed by atoms with Crippen molar-refractivity contribution < 1.29 is 13.9 Å². The van der Waals surface area contributed by atoms with Gasteiger partial charge in [0.05, 0.1) is 15.2 Å². The molecule has 0 aliphatic rings. The Morgan fingerprint density at radius 1 is 1.30 bits per heavy atom. The van der Waals surface area contributed by atoms with E-state index in [0.29, 0.717) is 15.2 Å². The topological polar surface area (TPSA) is 38.3 Å². The number of halogens is 3. The van der Waals surface area contributed by atoms with Gasteiger partial charge in [-0.1, -0.05) is 23.7 Å². The second kappa shape index (κ2) is 6.72. The Morgan fingerprint density at radius 3 is 2.75 bits per heavy atom. The molecule has 0 heterocycles. The highest BCUT2D eigenvalue weighted by atomic mass is 79.9. The molecule has 20 heavy (non-hydrogen) atoms. The molecule has 6 heteroatoms. The SMILES string of the molecule is O=C(COc1ccc(Br)c(F)c1)Nc1ccccc1Cl. The van der Waals surface area contributed by atoms with Crippen molar-refractivity contribution in [2.75, 3.05) is 11.9 Å². The third kappa shape index (κ3) is 3.95. The Bertz CT molecular complexity index is 636. The lowest BCUT2D eigenvalue weighted by Gasteiger charge is -2.09. The van der Waals surface area contributed by atoms with E-state index in [1.54, 1.807) is 30.3 Å². The van der Waals surface area contributed by atoms with Gasteiger partial charge in [0.15, 0.2) is 6.61 Å². The summed E-state index contributed by atoms with van der Waals surface area (Å²) in [6.07, 6.45) is 0. The zero-order valence-corrected chi connectivity index (χ0v) is 12.5. The van der Waals surface area contributed by atoms with Crippen LogP contribution in [0.3, 0.4) is 0 Å². The summed E-state index contributed by atoms with van der Waals surface area (Å²) in [5.74, 6) is -0.546. The fourth-order valence-electron chi connectivity index (χ4n) is 1.46. The van der Waals surface area contributed by atoms with Gasteiger partial charge >= 0.3 is 0 Å². The van der Waals surface area contributed by atoms with Crippen molar-refractivity contribution >= 4 is 39.1 Å². The molecule has 1 amide bonds. The molecule has 0 saturated heterocycles. The van der Waals surface area contributed by atoms with Crippen LogP contribution in [0.1, 0.15) is 0 Å². The molecule has 0 fully saturated rings. The molecule has 2 aromatic carbocycles. The van der Waals surface area contributed by atoms with E-state index >= 15 is 0 Å². The van der Waals surface area contributed by atoms with Crippen molar-refractivity contribution in [1.82, 2.24) is 0 Å². The minimum absolute atomic E-state index is 0.230. The minimum atomic E-state index is -0.450. The predicted molar refractivity (Wildman–Crippen MR) is 79.7 cm³/mol. The average molecular weight is 359 g/mol. The van der Waals surface area contributed by atoms with E-state index in [1.165, 1.54) is 12.1 Å². The molecule has 0 aliphatic heterocycles. The Labute approximate surface area is 128 Å². The Kier molecular flexibility index (Phi) is 4.98.